The molecule has 0 fully saturated rings. The summed E-state index contributed by atoms with van der Waals surface area (Å²) < 4.78 is 6.85. The lowest BCUT2D eigenvalue weighted by Gasteiger charge is -2.23. The van der Waals surface area contributed by atoms with Gasteiger partial charge in [-0.1, -0.05) is 54.6 Å². The molecule has 2 heterocycles. The highest BCUT2D eigenvalue weighted by atomic mass is 32.2. The van der Waals surface area contributed by atoms with E-state index < -0.39 is 0 Å². The van der Waals surface area contributed by atoms with Crippen LogP contribution in [0.1, 0.15) is 11.1 Å². The fraction of sp³-hybridized carbons (Fsp3) is 0.167. The Morgan fingerprint density at radius 1 is 0.931 bits per heavy atom. The third-order valence-corrected chi connectivity index (χ3v) is 5.64. The summed E-state index contributed by atoms with van der Waals surface area (Å²) in [6.07, 6.45) is 1.92. The fourth-order valence-electron chi connectivity index (χ4n) is 3.43. The van der Waals surface area contributed by atoms with Crippen LogP contribution in [-0.2, 0) is 17.8 Å². The Morgan fingerprint density at radius 3 is 2.48 bits per heavy atom. The molecule has 0 saturated carbocycles. The molecule has 0 unspecified atom stereocenters. The molecule has 3 aromatic rings. The number of nitrogens with zero attached hydrogens (tertiary/aromatic N) is 2. The Hall–Kier alpha value is -2.76. The molecular weight excluding hydrogens is 380 g/mol. The molecule has 0 atom stereocenters. The molecule has 0 N–H and O–H groups in total. The third kappa shape index (κ3) is 4.47. The van der Waals surface area contributed by atoms with Crippen molar-refractivity contribution < 1.29 is 4.74 Å². The first-order valence-electron chi connectivity index (χ1n) is 9.55. The largest absolute Gasteiger partial charge is 0.383 e. The van der Waals surface area contributed by atoms with Crippen molar-refractivity contribution in [2.45, 2.75) is 13.1 Å². The minimum absolute atomic E-state index is 0.0158. The molecule has 0 aliphatic carbocycles. The van der Waals surface area contributed by atoms with E-state index in [1.165, 1.54) is 11.3 Å². The van der Waals surface area contributed by atoms with Crippen LogP contribution in [0, 0.1) is 5.88 Å². The predicted molar refractivity (Wildman–Crippen MR) is 120 cm³/mol. The molecule has 1 aliphatic heterocycles. The van der Waals surface area contributed by atoms with Gasteiger partial charge in [0.25, 0.3) is 5.56 Å². The zero-order valence-corrected chi connectivity index (χ0v) is 17.1. The number of hydrogen-bond acceptors (Lipinski definition) is 4. The lowest BCUT2D eigenvalue weighted by molar-refractivity contribution is 0.186. The highest BCUT2D eigenvalue weighted by Gasteiger charge is 2.21. The molecule has 0 saturated heterocycles. The first kappa shape index (κ1) is 19.6. The second-order valence-electron chi connectivity index (χ2n) is 6.85. The van der Waals surface area contributed by atoms with Crippen molar-refractivity contribution in [3.63, 3.8) is 0 Å². The lowest BCUT2D eigenvalue weighted by Crippen LogP contribution is -2.21. The first-order valence-corrected chi connectivity index (χ1v) is 10.5. The average molecular weight is 404 g/mol. The second kappa shape index (κ2) is 9.16. The van der Waals surface area contributed by atoms with Crippen LogP contribution in [0.5, 0.6) is 0 Å². The molecule has 147 valence electrons. The zero-order chi connectivity index (χ0) is 20.1. The van der Waals surface area contributed by atoms with Gasteiger partial charge in [-0.2, -0.15) is 0 Å². The van der Waals surface area contributed by atoms with E-state index in [0.29, 0.717) is 13.2 Å². The van der Waals surface area contributed by atoms with E-state index in [0.717, 1.165) is 23.2 Å². The first-order chi connectivity index (χ1) is 14.3. The van der Waals surface area contributed by atoms with Crippen LogP contribution in [0.25, 0.3) is 16.8 Å². The summed E-state index contributed by atoms with van der Waals surface area (Å²) in [5.41, 5.74) is 5.71. The molecule has 1 aromatic heterocycles. The summed E-state index contributed by atoms with van der Waals surface area (Å²) >= 11 is 1.69. The summed E-state index contributed by atoms with van der Waals surface area (Å²) in [6.45, 7) is 1.87. The number of hydrogen-bond donors (Lipinski definition) is 0. The summed E-state index contributed by atoms with van der Waals surface area (Å²) in [4.78, 5) is 14.5. The molecule has 2 aromatic carbocycles. The van der Waals surface area contributed by atoms with E-state index in [4.69, 9.17) is 4.74 Å². The van der Waals surface area contributed by atoms with Crippen LogP contribution < -0.4 is 5.56 Å². The van der Waals surface area contributed by atoms with Gasteiger partial charge >= 0.3 is 0 Å². The Morgan fingerprint density at radius 2 is 1.69 bits per heavy atom. The molecule has 5 heteroatoms. The molecule has 4 rings (SSSR count). The molecule has 0 amide bonds. The standard InChI is InChI=1S/C24H23N2O2S/c1-28-14-13-25-16-20(11-12-24(25)27)21-9-5-6-10-22(21)23-17-29-18-26(23)15-19-7-3-2-4-8-19/h2-12,16-18H,13-15H2,1H3. The van der Waals surface area contributed by atoms with Crippen molar-refractivity contribution in [2.75, 3.05) is 13.7 Å². The number of methoxy groups -OCH3 is 1. The number of thioether (sulfide) groups is 1. The molecule has 1 radical (unpaired) electrons. The summed E-state index contributed by atoms with van der Waals surface area (Å²) in [5.74, 6) is 2.15. The highest BCUT2D eigenvalue weighted by Crippen LogP contribution is 2.39. The molecule has 0 spiro atoms. The van der Waals surface area contributed by atoms with E-state index in [2.05, 4.69) is 58.6 Å². The van der Waals surface area contributed by atoms with Crippen LogP contribution in [0.15, 0.2) is 83.1 Å². The van der Waals surface area contributed by atoms with E-state index in [1.54, 1.807) is 29.5 Å². The van der Waals surface area contributed by atoms with Gasteiger partial charge in [-0.3, -0.25) is 4.79 Å². The van der Waals surface area contributed by atoms with Gasteiger partial charge in [0, 0.05) is 38.0 Å². The predicted octanol–water partition coefficient (Wildman–Crippen LogP) is 4.83. The number of pyridine rings is 1. The summed E-state index contributed by atoms with van der Waals surface area (Å²) in [5, 5.41) is 2.18. The monoisotopic (exact) mass is 403 g/mol. The van der Waals surface area contributed by atoms with Gasteiger partial charge < -0.3 is 14.2 Å². The van der Waals surface area contributed by atoms with Gasteiger partial charge in [-0.15, -0.1) is 11.8 Å². The van der Waals surface area contributed by atoms with Gasteiger partial charge in [0.1, 0.15) is 5.88 Å². The van der Waals surface area contributed by atoms with E-state index in [-0.39, 0.29) is 5.56 Å². The number of aromatic nitrogens is 1. The Kier molecular flexibility index (Phi) is 6.17. The zero-order valence-electron chi connectivity index (χ0n) is 16.3. The Bertz CT molecular complexity index is 1060. The van der Waals surface area contributed by atoms with Crippen molar-refractivity contribution in [2.24, 2.45) is 0 Å². The Labute approximate surface area is 175 Å². The van der Waals surface area contributed by atoms with Gasteiger partial charge in [-0.25, -0.2) is 0 Å². The number of rotatable bonds is 7. The van der Waals surface area contributed by atoms with Crippen LogP contribution in [0.2, 0.25) is 0 Å². The SMILES string of the molecule is COCCn1cc(-c2ccccc2C2=CS[CH]N2Cc2ccccc2)ccc1=O. The quantitative estimate of drug-likeness (QED) is 0.566. The normalized spacial score (nSPS) is 13.6. The van der Waals surface area contributed by atoms with E-state index in [9.17, 15) is 4.79 Å². The van der Waals surface area contributed by atoms with E-state index in [1.807, 2.05) is 24.4 Å². The smallest absolute Gasteiger partial charge is 0.250 e. The summed E-state index contributed by atoms with van der Waals surface area (Å²) in [7, 11) is 1.65. The van der Waals surface area contributed by atoms with E-state index >= 15 is 0 Å². The maximum Gasteiger partial charge on any atom is 0.250 e. The molecular formula is C24H23N2O2S. The van der Waals surface area contributed by atoms with Crippen LogP contribution in [0.3, 0.4) is 0 Å². The number of benzene rings is 2. The van der Waals surface area contributed by atoms with Crippen molar-refractivity contribution in [3.05, 3.63) is 106 Å². The Balaban J connectivity index is 1.68. The minimum Gasteiger partial charge on any atom is -0.383 e. The molecule has 4 nitrogen and oxygen atoms in total. The van der Waals surface area contributed by atoms with Crippen molar-refractivity contribution in [3.8, 4) is 11.1 Å². The van der Waals surface area contributed by atoms with Gasteiger partial charge in [0.15, 0.2) is 0 Å². The maximum atomic E-state index is 12.2. The fourth-order valence-corrected chi connectivity index (χ4v) is 4.21. The lowest BCUT2D eigenvalue weighted by atomic mass is 9.98. The average Bonchev–Trinajstić information content (AvgIpc) is 3.22. The van der Waals surface area contributed by atoms with Crippen molar-refractivity contribution in [1.29, 1.82) is 0 Å². The molecule has 1 aliphatic rings. The number of ether oxygens (including phenoxy) is 1. The van der Waals surface area contributed by atoms with Gasteiger partial charge in [0.2, 0.25) is 0 Å². The maximum absolute atomic E-state index is 12.2. The minimum atomic E-state index is -0.0158. The van der Waals surface area contributed by atoms with Crippen LogP contribution >= 0.6 is 11.8 Å². The second-order valence-corrected chi connectivity index (χ2v) is 7.56. The van der Waals surface area contributed by atoms with Crippen LogP contribution in [0.4, 0.5) is 0 Å². The third-order valence-electron chi connectivity index (χ3n) is 4.91. The molecule has 29 heavy (non-hydrogen) atoms. The summed E-state index contributed by atoms with van der Waals surface area (Å²) in [6, 6.07) is 22.4. The van der Waals surface area contributed by atoms with Crippen LogP contribution in [-0.4, -0.2) is 23.2 Å². The molecule has 0 bridgehead atoms. The van der Waals surface area contributed by atoms with Crippen molar-refractivity contribution in [1.82, 2.24) is 9.47 Å². The van der Waals surface area contributed by atoms with Gasteiger partial charge in [-0.05, 0) is 28.2 Å². The van der Waals surface area contributed by atoms with Crippen molar-refractivity contribution >= 4 is 17.5 Å². The highest BCUT2D eigenvalue weighted by molar-refractivity contribution is 8.04. The van der Waals surface area contributed by atoms with Gasteiger partial charge in [0.05, 0.1) is 12.3 Å². The topological polar surface area (TPSA) is 34.5 Å².